The minimum absolute atomic E-state index is 0.0502. The van der Waals surface area contributed by atoms with Crippen LogP contribution in [0, 0.1) is 0 Å². The molecular formula is C19H21NO4S. The van der Waals surface area contributed by atoms with E-state index in [1.807, 2.05) is 31.2 Å². The summed E-state index contributed by atoms with van der Waals surface area (Å²) in [5, 5.41) is 10.0. The van der Waals surface area contributed by atoms with Crippen molar-refractivity contribution in [2.75, 3.05) is 19.5 Å². The van der Waals surface area contributed by atoms with Gasteiger partial charge in [-0.15, -0.1) is 11.8 Å². The van der Waals surface area contributed by atoms with E-state index in [1.165, 1.54) is 11.8 Å². The molecule has 132 valence electrons. The zero-order chi connectivity index (χ0) is 17.8. The molecule has 6 heteroatoms. The van der Waals surface area contributed by atoms with Gasteiger partial charge >= 0.3 is 0 Å². The molecule has 3 rings (SSSR count). The van der Waals surface area contributed by atoms with E-state index in [1.54, 1.807) is 30.2 Å². The summed E-state index contributed by atoms with van der Waals surface area (Å²) in [6.45, 7) is 3.04. The summed E-state index contributed by atoms with van der Waals surface area (Å²) in [5.74, 6) is 1.98. The van der Waals surface area contributed by atoms with Crippen LogP contribution in [0.5, 0.6) is 17.2 Å². The van der Waals surface area contributed by atoms with Crippen molar-refractivity contribution < 1.29 is 19.4 Å². The summed E-state index contributed by atoms with van der Waals surface area (Å²) in [5.41, 5.74) is 1.66. The van der Waals surface area contributed by atoms with E-state index < -0.39 is 0 Å². The minimum atomic E-state index is -0.268. The predicted molar refractivity (Wildman–Crippen MR) is 98.0 cm³/mol. The van der Waals surface area contributed by atoms with Gasteiger partial charge in [-0.25, -0.2) is 0 Å². The van der Waals surface area contributed by atoms with E-state index in [0.717, 1.165) is 11.3 Å². The number of phenolic OH excluding ortho intramolecular Hbond substituents is 1. The summed E-state index contributed by atoms with van der Waals surface area (Å²) >= 11 is 1.50. The van der Waals surface area contributed by atoms with Gasteiger partial charge < -0.3 is 19.5 Å². The SMILES string of the molecule is CCOc1ccc(CN2C(=O)CSC2c2c(O)cccc2OC)cc1. The Labute approximate surface area is 151 Å². The molecule has 0 bridgehead atoms. The van der Waals surface area contributed by atoms with Gasteiger partial charge in [0, 0.05) is 6.54 Å². The molecule has 1 unspecified atom stereocenters. The Hall–Kier alpha value is -2.34. The molecule has 1 saturated heterocycles. The molecule has 1 N–H and O–H groups in total. The number of thioether (sulfide) groups is 1. The smallest absolute Gasteiger partial charge is 0.234 e. The van der Waals surface area contributed by atoms with Crippen LogP contribution in [0.25, 0.3) is 0 Å². The molecule has 0 saturated carbocycles. The first-order valence-corrected chi connectivity index (χ1v) is 9.17. The summed E-state index contributed by atoms with van der Waals surface area (Å²) < 4.78 is 10.8. The Morgan fingerprint density at radius 2 is 2.00 bits per heavy atom. The number of nitrogens with zero attached hydrogens (tertiary/aromatic N) is 1. The molecule has 2 aromatic carbocycles. The number of ether oxygens (including phenoxy) is 2. The quantitative estimate of drug-likeness (QED) is 0.854. The van der Waals surface area contributed by atoms with E-state index >= 15 is 0 Å². The van der Waals surface area contributed by atoms with E-state index in [4.69, 9.17) is 9.47 Å². The molecule has 0 radical (unpaired) electrons. The van der Waals surface area contributed by atoms with Crippen molar-refractivity contribution >= 4 is 17.7 Å². The number of aromatic hydroxyl groups is 1. The van der Waals surface area contributed by atoms with Gasteiger partial charge in [-0.2, -0.15) is 0 Å². The van der Waals surface area contributed by atoms with Crippen LogP contribution in [0.1, 0.15) is 23.4 Å². The van der Waals surface area contributed by atoms with E-state index in [2.05, 4.69) is 0 Å². The van der Waals surface area contributed by atoms with Crippen molar-refractivity contribution in [3.8, 4) is 17.2 Å². The molecule has 0 spiro atoms. The third-order valence-corrected chi connectivity index (χ3v) is 5.28. The second kappa shape index (κ2) is 7.70. The van der Waals surface area contributed by atoms with Gasteiger partial charge in [-0.1, -0.05) is 18.2 Å². The van der Waals surface area contributed by atoms with Crippen molar-refractivity contribution in [1.29, 1.82) is 0 Å². The number of carbonyl (C=O) groups is 1. The lowest BCUT2D eigenvalue weighted by Gasteiger charge is -2.26. The minimum Gasteiger partial charge on any atom is -0.507 e. The first-order valence-electron chi connectivity index (χ1n) is 8.12. The Morgan fingerprint density at radius 3 is 2.68 bits per heavy atom. The van der Waals surface area contributed by atoms with Gasteiger partial charge in [0.1, 0.15) is 22.6 Å². The third kappa shape index (κ3) is 3.69. The zero-order valence-corrected chi connectivity index (χ0v) is 15.1. The molecule has 1 fully saturated rings. The van der Waals surface area contributed by atoms with Crippen LogP contribution in [-0.2, 0) is 11.3 Å². The second-order valence-corrected chi connectivity index (χ2v) is 6.72. The van der Waals surface area contributed by atoms with Gasteiger partial charge in [-0.05, 0) is 36.8 Å². The second-order valence-electron chi connectivity index (χ2n) is 5.66. The molecule has 2 aromatic rings. The molecule has 25 heavy (non-hydrogen) atoms. The average Bonchev–Trinajstić information content (AvgIpc) is 2.97. The fraction of sp³-hybridized carbons (Fsp3) is 0.316. The number of phenols is 1. The monoisotopic (exact) mass is 359 g/mol. The number of rotatable bonds is 6. The lowest BCUT2D eigenvalue weighted by atomic mass is 10.1. The fourth-order valence-corrected chi connectivity index (χ4v) is 4.12. The lowest BCUT2D eigenvalue weighted by Crippen LogP contribution is -2.27. The largest absolute Gasteiger partial charge is 0.507 e. The Morgan fingerprint density at radius 1 is 1.24 bits per heavy atom. The number of amides is 1. The van der Waals surface area contributed by atoms with Crippen molar-refractivity contribution in [2.45, 2.75) is 18.8 Å². The highest BCUT2D eigenvalue weighted by Gasteiger charge is 2.36. The maximum Gasteiger partial charge on any atom is 0.234 e. The Kier molecular flexibility index (Phi) is 5.38. The molecule has 0 aliphatic carbocycles. The van der Waals surface area contributed by atoms with E-state index in [-0.39, 0.29) is 17.0 Å². The molecule has 1 aliphatic rings. The number of hydrogen-bond acceptors (Lipinski definition) is 5. The van der Waals surface area contributed by atoms with Gasteiger partial charge in [0.15, 0.2) is 0 Å². The van der Waals surface area contributed by atoms with Crippen LogP contribution in [-0.4, -0.2) is 35.4 Å². The molecule has 1 atom stereocenters. The summed E-state index contributed by atoms with van der Waals surface area (Å²) in [4.78, 5) is 14.2. The highest BCUT2D eigenvalue weighted by molar-refractivity contribution is 8.00. The molecule has 1 heterocycles. The standard InChI is InChI=1S/C19H21NO4S/c1-3-24-14-9-7-13(8-10-14)11-20-17(22)12-25-19(20)18-15(21)5-4-6-16(18)23-2/h4-10,19,21H,3,11-12H2,1-2H3. The molecule has 5 nitrogen and oxygen atoms in total. The van der Waals surface area contributed by atoms with Crippen LogP contribution < -0.4 is 9.47 Å². The number of benzene rings is 2. The van der Waals surface area contributed by atoms with Crippen molar-refractivity contribution in [1.82, 2.24) is 4.90 Å². The van der Waals surface area contributed by atoms with Crippen LogP contribution in [0.3, 0.4) is 0 Å². The number of carbonyl (C=O) groups excluding carboxylic acids is 1. The summed E-state index contributed by atoms with van der Waals surface area (Å²) in [7, 11) is 1.57. The molecule has 0 aromatic heterocycles. The van der Waals surface area contributed by atoms with Crippen LogP contribution in [0.2, 0.25) is 0 Å². The highest BCUT2D eigenvalue weighted by atomic mass is 32.2. The maximum atomic E-state index is 12.4. The zero-order valence-electron chi connectivity index (χ0n) is 14.3. The number of methoxy groups -OCH3 is 1. The predicted octanol–water partition coefficient (Wildman–Crippen LogP) is 3.57. The third-order valence-electron chi connectivity index (χ3n) is 4.07. The average molecular weight is 359 g/mol. The molecule has 1 amide bonds. The van der Waals surface area contributed by atoms with Gasteiger partial charge in [-0.3, -0.25) is 4.79 Å². The lowest BCUT2D eigenvalue weighted by molar-refractivity contribution is -0.128. The normalized spacial score (nSPS) is 17.0. The van der Waals surface area contributed by atoms with Crippen molar-refractivity contribution in [2.24, 2.45) is 0 Å². The Balaban J connectivity index is 1.85. The first kappa shape index (κ1) is 17.5. The van der Waals surface area contributed by atoms with E-state index in [0.29, 0.717) is 30.2 Å². The van der Waals surface area contributed by atoms with Crippen molar-refractivity contribution in [3.63, 3.8) is 0 Å². The van der Waals surface area contributed by atoms with Gasteiger partial charge in [0.05, 0.1) is 25.0 Å². The topological polar surface area (TPSA) is 59.0 Å². The fourth-order valence-electron chi connectivity index (χ4n) is 2.88. The summed E-state index contributed by atoms with van der Waals surface area (Å²) in [6, 6.07) is 12.9. The number of hydrogen-bond donors (Lipinski definition) is 1. The van der Waals surface area contributed by atoms with Crippen LogP contribution in [0.4, 0.5) is 0 Å². The summed E-state index contributed by atoms with van der Waals surface area (Å²) in [6.07, 6.45) is 0. The maximum absolute atomic E-state index is 12.4. The Bertz CT molecular complexity index is 748. The van der Waals surface area contributed by atoms with Crippen LogP contribution in [0.15, 0.2) is 42.5 Å². The molecule has 1 aliphatic heterocycles. The molecular weight excluding hydrogens is 338 g/mol. The first-order chi connectivity index (χ1) is 12.1. The van der Waals surface area contributed by atoms with E-state index in [9.17, 15) is 9.90 Å². The highest BCUT2D eigenvalue weighted by Crippen LogP contribution is 2.46. The van der Waals surface area contributed by atoms with Crippen molar-refractivity contribution in [3.05, 3.63) is 53.6 Å². The van der Waals surface area contributed by atoms with Gasteiger partial charge in [0.25, 0.3) is 0 Å². The van der Waals surface area contributed by atoms with Crippen LogP contribution >= 0.6 is 11.8 Å². The van der Waals surface area contributed by atoms with Gasteiger partial charge in [0.2, 0.25) is 5.91 Å².